The van der Waals surface area contributed by atoms with Crippen LogP contribution in [0.1, 0.15) is 37.7 Å². The van der Waals surface area contributed by atoms with Crippen LogP contribution in [0.3, 0.4) is 0 Å². The van der Waals surface area contributed by atoms with Gasteiger partial charge in [-0.05, 0) is 64.9 Å². The Hall–Kier alpha value is -3.72. The lowest BCUT2D eigenvalue weighted by molar-refractivity contribution is -0.123. The van der Waals surface area contributed by atoms with E-state index in [1.54, 1.807) is 12.1 Å². The SMILES string of the molecule is O=C(C1CCCCC1)N(Cc1ccc(-c2ccc(F)cc2)cc1)c1cccc(-c2ccccc2)c1. The Bertz CT molecular complexity index is 1260. The Morgan fingerprint density at radius 1 is 0.686 bits per heavy atom. The lowest BCUT2D eigenvalue weighted by Crippen LogP contribution is -2.36. The summed E-state index contributed by atoms with van der Waals surface area (Å²) in [6.07, 6.45) is 5.41. The summed E-state index contributed by atoms with van der Waals surface area (Å²) in [6, 6.07) is 33.4. The molecule has 3 heteroatoms. The average molecular weight is 464 g/mol. The zero-order chi connectivity index (χ0) is 24.0. The molecule has 0 spiro atoms. The first kappa shape index (κ1) is 23.0. The number of halogens is 1. The molecule has 1 saturated carbocycles. The molecule has 0 heterocycles. The number of carbonyl (C=O) groups excluding carboxylic acids is 1. The van der Waals surface area contributed by atoms with E-state index in [1.165, 1.54) is 18.6 Å². The maximum atomic E-state index is 13.8. The van der Waals surface area contributed by atoms with Crippen molar-refractivity contribution in [3.8, 4) is 22.3 Å². The van der Waals surface area contributed by atoms with Crippen molar-refractivity contribution in [1.29, 1.82) is 0 Å². The zero-order valence-electron chi connectivity index (χ0n) is 19.9. The molecule has 0 radical (unpaired) electrons. The van der Waals surface area contributed by atoms with Gasteiger partial charge in [0.2, 0.25) is 5.91 Å². The van der Waals surface area contributed by atoms with E-state index in [0.29, 0.717) is 6.54 Å². The van der Waals surface area contributed by atoms with Crippen molar-refractivity contribution in [3.63, 3.8) is 0 Å². The second-order valence-corrected chi connectivity index (χ2v) is 9.38. The molecule has 0 unspecified atom stereocenters. The van der Waals surface area contributed by atoms with Gasteiger partial charge in [0, 0.05) is 11.6 Å². The summed E-state index contributed by atoms with van der Waals surface area (Å²) in [7, 11) is 0. The van der Waals surface area contributed by atoms with Crippen LogP contribution in [-0.4, -0.2) is 5.91 Å². The molecule has 1 amide bonds. The maximum absolute atomic E-state index is 13.8. The summed E-state index contributed by atoms with van der Waals surface area (Å²) in [5.74, 6) is 0.0695. The van der Waals surface area contributed by atoms with Crippen LogP contribution in [0, 0.1) is 11.7 Å². The van der Waals surface area contributed by atoms with Gasteiger partial charge >= 0.3 is 0 Å². The molecule has 4 aromatic carbocycles. The third-order valence-electron chi connectivity index (χ3n) is 6.96. The summed E-state index contributed by atoms with van der Waals surface area (Å²) in [5, 5.41) is 0. The fraction of sp³-hybridized carbons (Fsp3) is 0.219. The highest BCUT2D eigenvalue weighted by Crippen LogP contribution is 2.31. The average Bonchev–Trinajstić information content (AvgIpc) is 2.93. The largest absolute Gasteiger partial charge is 0.308 e. The maximum Gasteiger partial charge on any atom is 0.230 e. The second-order valence-electron chi connectivity index (χ2n) is 9.38. The van der Waals surface area contributed by atoms with Gasteiger partial charge in [0.15, 0.2) is 0 Å². The van der Waals surface area contributed by atoms with E-state index in [0.717, 1.165) is 59.2 Å². The topological polar surface area (TPSA) is 20.3 Å². The minimum Gasteiger partial charge on any atom is -0.308 e. The van der Waals surface area contributed by atoms with Crippen LogP contribution in [0.25, 0.3) is 22.3 Å². The quantitative estimate of drug-likeness (QED) is 0.282. The van der Waals surface area contributed by atoms with Gasteiger partial charge in [0.1, 0.15) is 5.82 Å². The molecule has 1 aliphatic carbocycles. The summed E-state index contributed by atoms with van der Waals surface area (Å²) in [4.78, 5) is 15.7. The van der Waals surface area contributed by atoms with Crippen LogP contribution >= 0.6 is 0 Å². The highest BCUT2D eigenvalue weighted by molar-refractivity contribution is 5.95. The van der Waals surface area contributed by atoms with Crippen LogP contribution in [-0.2, 0) is 11.3 Å². The van der Waals surface area contributed by atoms with E-state index in [1.807, 2.05) is 47.4 Å². The van der Waals surface area contributed by atoms with Gasteiger partial charge in [-0.15, -0.1) is 0 Å². The minimum absolute atomic E-state index is 0.0858. The molecule has 0 atom stereocenters. The van der Waals surface area contributed by atoms with E-state index in [9.17, 15) is 9.18 Å². The van der Waals surface area contributed by atoms with Crippen LogP contribution in [0.5, 0.6) is 0 Å². The molecule has 35 heavy (non-hydrogen) atoms. The number of hydrogen-bond acceptors (Lipinski definition) is 1. The summed E-state index contributed by atoms with van der Waals surface area (Å²) >= 11 is 0. The number of amides is 1. The standard InChI is InChI=1S/C32H30FNO/c33-30-20-18-27(19-21-30)26-16-14-24(15-17-26)23-34(32(35)28-10-5-2-6-11-28)31-13-7-12-29(22-31)25-8-3-1-4-9-25/h1,3-4,7-9,12-22,28H,2,5-6,10-11,23H2. The van der Waals surface area contributed by atoms with Crippen molar-refractivity contribution in [1.82, 2.24) is 0 Å². The first-order chi connectivity index (χ1) is 17.2. The lowest BCUT2D eigenvalue weighted by atomic mass is 9.88. The van der Waals surface area contributed by atoms with Crippen molar-refractivity contribution in [2.24, 2.45) is 5.92 Å². The number of carbonyl (C=O) groups is 1. The van der Waals surface area contributed by atoms with Crippen LogP contribution in [0.4, 0.5) is 10.1 Å². The van der Waals surface area contributed by atoms with E-state index >= 15 is 0 Å². The van der Waals surface area contributed by atoms with Crippen LogP contribution in [0.15, 0.2) is 103 Å². The molecule has 0 saturated heterocycles. The van der Waals surface area contributed by atoms with Gasteiger partial charge in [0.05, 0.1) is 6.54 Å². The molecule has 2 nitrogen and oxygen atoms in total. The molecular weight excluding hydrogens is 433 g/mol. The molecule has 5 rings (SSSR count). The Morgan fingerprint density at radius 2 is 1.29 bits per heavy atom. The Kier molecular flexibility index (Phi) is 7.04. The summed E-state index contributed by atoms with van der Waals surface area (Å²) in [5.41, 5.74) is 6.27. The van der Waals surface area contributed by atoms with Gasteiger partial charge in [-0.1, -0.05) is 98.1 Å². The molecule has 1 aliphatic rings. The van der Waals surface area contributed by atoms with Crippen molar-refractivity contribution < 1.29 is 9.18 Å². The third-order valence-corrected chi connectivity index (χ3v) is 6.96. The van der Waals surface area contributed by atoms with Crippen molar-refractivity contribution in [2.75, 3.05) is 4.90 Å². The summed E-state index contributed by atoms with van der Waals surface area (Å²) < 4.78 is 13.3. The lowest BCUT2D eigenvalue weighted by Gasteiger charge is -2.30. The third kappa shape index (κ3) is 5.51. The Morgan fingerprint density at radius 3 is 1.97 bits per heavy atom. The van der Waals surface area contributed by atoms with E-state index in [4.69, 9.17) is 0 Å². The first-order valence-electron chi connectivity index (χ1n) is 12.5. The first-order valence-corrected chi connectivity index (χ1v) is 12.5. The van der Waals surface area contributed by atoms with Gasteiger partial charge < -0.3 is 4.90 Å². The molecular formula is C32H30FNO. The smallest absolute Gasteiger partial charge is 0.230 e. The Balaban J connectivity index is 1.44. The van der Waals surface area contributed by atoms with Crippen molar-refractivity contribution >= 4 is 11.6 Å². The fourth-order valence-corrected chi connectivity index (χ4v) is 4.98. The zero-order valence-corrected chi connectivity index (χ0v) is 19.9. The second kappa shape index (κ2) is 10.7. The molecule has 4 aromatic rings. The van der Waals surface area contributed by atoms with Crippen molar-refractivity contribution in [3.05, 3.63) is 115 Å². The predicted molar refractivity (Wildman–Crippen MR) is 141 cm³/mol. The monoisotopic (exact) mass is 463 g/mol. The van der Waals surface area contributed by atoms with E-state index in [-0.39, 0.29) is 17.6 Å². The van der Waals surface area contributed by atoms with Gasteiger partial charge in [-0.3, -0.25) is 4.79 Å². The van der Waals surface area contributed by atoms with Crippen LogP contribution < -0.4 is 4.90 Å². The number of hydrogen-bond donors (Lipinski definition) is 0. The molecule has 0 aliphatic heterocycles. The predicted octanol–water partition coefficient (Wildman–Crippen LogP) is 8.27. The number of rotatable bonds is 6. The number of anilines is 1. The Labute approximate surface area is 207 Å². The molecule has 176 valence electrons. The molecule has 0 N–H and O–H groups in total. The molecule has 0 bridgehead atoms. The number of benzene rings is 4. The van der Waals surface area contributed by atoms with Gasteiger partial charge in [-0.2, -0.15) is 0 Å². The molecule has 1 fully saturated rings. The van der Waals surface area contributed by atoms with Gasteiger partial charge in [-0.25, -0.2) is 4.39 Å². The number of nitrogens with zero attached hydrogens (tertiary/aromatic N) is 1. The van der Waals surface area contributed by atoms with E-state index in [2.05, 4.69) is 36.4 Å². The van der Waals surface area contributed by atoms with E-state index < -0.39 is 0 Å². The molecule has 0 aromatic heterocycles. The minimum atomic E-state index is -0.236. The fourth-order valence-electron chi connectivity index (χ4n) is 4.98. The summed E-state index contributed by atoms with van der Waals surface area (Å²) in [6.45, 7) is 0.525. The van der Waals surface area contributed by atoms with Gasteiger partial charge in [0.25, 0.3) is 0 Å². The van der Waals surface area contributed by atoms with Crippen molar-refractivity contribution in [2.45, 2.75) is 38.6 Å². The normalized spacial score (nSPS) is 14.0. The highest BCUT2D eigenvalue weighted by Gasteiger charge is 2.27. The van der Waals surface area contributed by atoms with Crippen LogP contribution in [0.2, 0.25) is 0 Å². The highest BCUT2D eigenvalue weighted by atomic mass is 19.1.